The molecule has 0 bridgehead atoms. The Balaban J connectivity index is 3.24. The predicted octanol–water partition coefficient (Wildman–Crippen LogP) is 2.70. The number of phenolic OH excluding ortho intramolecular Hbond substituents is 1. The summed E-state index contributed by atoms with van der Waals surface area (Å²) in [5.74, 6) is 0.331. The number of phenols is 1. The van der Waals surface area contributed by atoms with Gasteiger partial charge >= 0.3 is 134 Å². The number of amides is 1. The molecule has 0 spiro atoms. The summed E-state index contributed by atoms with van der Waals surface area (Å²) in [5, 5.41) is 13.2. The number of carbonyl (C=O) groups is 1. The Labute approximate surface area is 135 Å². The number of aryl methyl sites for hydroxylation is 1. The average molecular weight is 301 g/mol. The van der Waals surface area contributed by atoms with E-state index in [9.17, 15) is 9.90 Å². The van der Waals surface area contributed by atoms with Crippen molar-refractivity contribution in [3.63, 3.8) is 0 Å². The van der Waals surface area contributed by atoms with Gasteiger partial charge < -0.3 is 0 Å². The molecule has 0 fully saturated rings. The molecule has 120 valence electrons. The van der Waals surface area contributed by atoms with E-state index in [1.54, 1.807) is 0 Å². The molecule has 0 aromatic heterocycles. The van der Waals surface area contributed by atoms with Gasteiger partial charge in [-0.1, -0.05) is 0 Å². The van der Waals surface area contributed by atoms with Gasteiger partial charge in [0, 0.05) is 0 Å². The Morgan fingerprint density at radius 1 is 1.14 bits per heavy atom. The third-order valence-corrected chi connectivity index (χ3v) is 3.69. The van der Waals surface area contributed by atoms with Crippen LogP contribution in [0.3, 0.4) is 0 Å². The van der Waals surface area contributed by atoms with Crippen molar-refractivity contribution in [1.82, 2.24) is 5.32 Å². The molecule has 0 aliphatic rings. The molecule has 0 atom stereocenters. The van der Waals surface area contributed by atoms with Crippen molar-refractivity contribution in [2.45, 2.75) is 65.2 Å². The Morgan fingerprint density at radius 3 is 1.95 bits per heavy atom. The minimum absolute atomic E-state index is 0.0438. The zero-order valence-electron chi connectivity index (χ0n) is 14.7. The van der Waals surface area contributed by atoms with Crippen LogP contribution in [-0.2, 0) is 22.0 Å². The number of benzene rings is 1. The molecule has 1 aromatic carbocycles. The van der Waals surface area contributed by atoms with Gasteiger partial charge in [-0.3, -0.25) is 0 Å². The fraction of sp³-hybridized carbons (Fsp3) is 0.556. The van der Waals surface area contributed by atoms with E-state index in [0.717, 1.165) is 16.7 Å². The van der Waals surface area contributed by atoms with Crippen LogP contribution < -0.4 is 5.32 Å². The molecule has 0 radical (unpaired) electrons. The molecule has 1 rings (SSSR count). The van der Waals surface area contributed by atoms with E-state index in [-0.39, 0.29) is 16.7 Å². The first-order chi connectivity index (χ1) is 9.96. The first kappa shape index (κ1) is 18.5. The van der Waals surface area contributed by atoms with Crippen molar-refractivity contribution in [2.75, 3.05) is 0 Å². The van der Waals surface area contributed by atoms with Gasteiger partial charge in [-0.25, -0.2) is 0 Å². The van der Waals surface area contributed by atoms with Crippen LogP contribution in [0, 0.1) is 0 Å². The topological polar surface area (TPSA) is 49.3 Å². The van der Waals surface area contributed by atoms with Crippen molar-refractivity contribution in [3.05, 3.63) is 28.8 Å². The second-order valence-corrected chi connectivity index (χ2v) is 7.81. The summed E-state index contributed by atoms with van der Waals surface area (Å²) in [6.45, 7) is 12.5. The molecular formula is C18H28BNO2. The summed E-state index contributed by atoms with van der Waals surface area (Å²) in [5.41, 5.74) is 2.64. The maximum absolute atomic E-state index is 11.6. The third kappa shape index (κ3) is 4.72. The number of carbonyl (C=O) groups excluding carboxylic acids is 1. The van der Waals surface area contributed by atoms with E-state index < -0.39 is 0 Å². The van der Waals surface area contributed by atoms with Crippen molar-refractivity contribution in [2.24, 2.45) is 0 Å². The first-order valence-electron chi connectivity index (χ1n) is 7.74. The molecule has 0 saturated carbocycles. The van der Waals surface area contributed by atoms with Crippen LogP contribution in [0.25, 0.3) is 0 Å². The summed E-state index contributed by atoms with van der Waals surface area (Å²) in [6.07, 6.45) is 2.45. The summed E-state index contributed by atoms with van der Waals surface area (Å²) in [7, 11) is 3.50. The zero-order valence-corrected chi connectivity index (χ0v) is 14.7. The van der Waals surface area contributed by atoms with Gasteiger partial charge in [0.15, 0.2) is 0 Å². The van der Waals surface area contributed by atoms with E-state index >= 15 is 0 Å². The molecule has 22 heavy (non-hydrogen) atoms. The number of hydrogen-bond acceptors (Lipinski definition) is 2. The van der Waals surface area contributed by atoms with Gasteiger partial charge in [0.05, 0.1) is 0 Å². The van der Waals surface area contributed by atoms with Gasteiger partial charge in [-0.2, -0.15) is 0 Å². The molecule has 0 aliphatic heterocycles. The summed E-state index contributed by atoms with van der Waals surface area (Å²) >= 11 is 0. The fourth-order valence-electron chi connectivity index (χ4n) is 2.43. The van der Waals surface area contributed by atoms with Crippen LogP contribution in [0.2, 0.25) is 0 Å². The van der Waals surface area contributed by atoms with Crippen LogP contribution in [0.15, 0.2) is 12.1 Å². The van der Waals surface area contributed by atoms with Crippen LogP contribution in [-0.4, -0.2) is 24.6 Å². The number of hydrogen-bond donors (Lipinski definition) is 2. The van der Waals surface area contributed by atoms with Gasteiger partial charge in [-0.15, -0.1) is 0 Å². The standard InChI is InChI=1S/C18H28BNO2/c1-17(2,3)13-9-12(7-8-15(21)20-11-19)10-14(16(13)22)18(4,5)6/h9-11,19,22H,7-8H2,1-6H3,(H,20,21). The van der Waals surface area contributed by atoms with Crippen molar-refractivity contribution in [1.29, 1.82) is 0 Å². The van der Waals surface area contributed by atoms with Gasteiger partial charge in [0.1, 0.15) is 0 Å². The molecule has 0 saturated heterocycles. The van der Waals surface area contributed by atoms with Crippen molar-refractivity contribution in [3.8, 4) is 5.75 Å². The summed E-state index contributed by atoms with van der Waals surface area (Å²) in [4.78, 5) is 11.6. The van der Waals surface area contributed by atoms with E-state index in [1.807, 2.05) is 12.1 Å². The fourth-order valence-corrected chi connectivity index (χ4v) is 2.43. The van der Waals surface area contributed by atoms with Crippen molar-refractivity contribution >= 4 is 19.5 Å². The Kier molecular flexibility index (Phi) is 5.61. The molecule has 1 amide bonds. The summed E-state index contributed by atoms with van der Waals surface area (Å²) in [6, 6.07) is 4.04. The normalized spacial score (nSPS) is 12.0. The van der Waals surface area contributed by atoms with Crippen LogP contribution in [0.4, 0.5) is 0 Å². The van der Waals surface area contributed by atoms with Crippen LogP contribution in [0.5, 0.6) is 5.75 Å². The Morgan fingerprint density at radius 2 is 1.59 bits per heavy atom. The van der Waals surface area contributed by atoms with Crippen LogP contribution >= 0.6 is 0 Å². The van der Waals surface area contributed by atoms with Crippen molar-refractivity contribution < 1.29 is 9.90 Å². The molecule has 0 aliphatic carbocycles. The third-order valence-electron chi connectivity index (χ3n) is 3.69. The monoisotopic (exact) mass is 301 g/mol. The first-order valence-corrected chi connectivity index (χ1v) is 7.74. The molecule has 0 heterocycles. The van der Waals surface area contributed by atoms with Crippen LogP contribution in [0.1, 0.15) is 64.7 Å². The predicted molar refractivity (Wildman–Crippen MR) is 95.2 cm³/mol. The van der Waals surface area contributed by atoms with E-state index in [0.29, 0.717) is 18.6 Å². The molecule has 3 nitrogen and oxygen atoms in total. The summed E-state index contributed by atoms with van der Waals surface area (Å²) < 4.78 is 0. The average Bonchev–Trinajstić information content (AvgIpc) is 2.35. The second-order valence-electron chi connectivity index (χ2n) is 7.81. The second kappa shape index (κ2) is 6.68. The SMILES string of the molecule is B=CNC(=O)CCc1cc(C(C)(C)C)c(O)c(C(C)(C)C)c1. The zero-order chi connectivity index (χ0) is 17.1. The Hall–Kier alpha value is -1.58. The van der Waals surface area contributed by atoms with Gasteiger partial charge in [-0.05, 0) is 0 Å². The quantitative estimate of drug-likeness (QED) is 0.840. The molecule has 2 N–H and O–H groups in total. The van der Waals surface area contributed by atoms with Gasteiger partial charge in [0.25, 0.3) is 0 Å². The molecule has 0 unspecified atom stereocenters. The molecule has 1 aromatic rings. The number of aromatic hydroxyl groups is 1. The van der Waals surface area contributed by atoms with E-state index in [2.05, 4.69) is 54.3 Å². The molecular weight excluding hydrogens is 273 g/mol. The van der Waals surface area contributed by atoms with E-state index in [4.69, 9.17) is 0 Å². The van der Waals surface area contributed by atoms with E-state index in [1.165, 1.54) is 6.09 Å². The maximum atomic E-state index is 11.6. The van der Waals surface area contributed by atoms with Gasteiger partial charge in [0.2, 0.25) is 0 Å². The molecule has 4 heteroatoms. The Bertz CT molecular complexity index is 530. The number of rotatable bonds is 4. The number of nitrogens with one attached hydrogen (secondary N) is 1. The minimum atomic E-state index is -0.149.